The number of hydrogen-bond acceptors (Lipinski definition) is 12. The molecule has 8 rings (SSSR count). The van der Waals surface area contributed by atoms with Crippen LogP contribution in [-0.4, -0.2) is 49.9 Å². The minimum absolute atomic E-state index is 0.0767. The molecule has 0 spiro atoms. The maximum absolute atomic E-state index is 12.9. The minimum Gasteiger partial charge on any atom is -0.494 e. The number of esters is 2. The molecular formula is C78H84N2O10. The van der Waals surface area contributed by atoms with Crippen molar-refractivity contribution in [3.8, 4) is 45.6 Å². The number of nitrogens with two attached hydrogens (primary N) is 2. The zero-order valence-corrected chi connectivity index (χ0v) is 51.6. The molecule has 4 N–H and O–H groups in total. The molecule has 0 aliphatic rings. The zero-order valence-electron chi connectivity index (χ0n) is 51.6. The average molecular weight is 1210 g/mol. The predicted molar refractivity (Wildman–Crippen MR) is 361 cm³/mol. The van der Waals surface area contributed by atoms with Crippen molar-refractivity contribution in [1.82, 2.24) is 0 Å². The Hall–Kier alpha value is -9.68. The first kappa shape index (κ1) is 66.3. The number of ether oxygens (including phenoxy) is 6. The largest absolute Gasteiger partial charge is 0.494 e. The number of ketones is 2. The van der Waals surface area contributed by atoms with Crippen LogP contribution in [0.2, 0.25) is 0 Å². The van der Waals surface area contributed by atoms with Gasteiger partial charge in [-0.05, 0) is 145 Å². The Morgan fingerprint density at radius 2 is 0.622 bits per heavy atom. The maximum Gasteiger partial charge on any atom is 0.343 e. The maximum atomic E-state index is 12.9. The van der Waals surface area contributed by atoms with Gasteiger partial charge in [-0.15, -0.1) is 0 Å². The second-order valence-corrected chi connectivity index (χ2v) is 22.4. The van der Waals surface area contributed by atoms with Crippen molar-refractivity contribution >= 4 is 47.0 Å². The highest BCUT2D eigenvalue weighted by atomic mass is 16.5. The van der Waals surface area contributed by atoms with Crippen molar-refractivity contribution < 1.29 is 47.6 Å². The number of allylic oxidation sites excluding steroid dienone is 2. The number of benzene rings is 8. The van der Waals surface area contributed by atoms with Crippen LogP contribution in [0.1, 0.15) is 168 Å². The van der Waals surface area contributed by atoms with Gasteiger partial charge < -0.3 is 39.9 Å². The van der Waals surface area contributed by atoms with Crippen LogP contribution in [-0.2, 0) is 0 Å². The van der Waals surface area contributed by atoms with Crippen LogP contribution in [0.3, 0.4) is 0 Å². The molecule has 0 amide bonds. The van der Waals surface area contributed by atoms with Crippen molar-refractivity contribution in [3.05, 3.63) is 240 Å². The van der Waals surface area contributed by atoms with Crippen molar-refractivity contribution in [3.63, 3.8) is 0 Å². The fourth-order valence-corrected chi connectivity index (χ4v) is 10.1. The van der Waals surface area contributed by atoms with E-state index in [1.54, 1.807) is 121 Å². The number of nitrogen functional groups attached to an aromatic ring is 2. The van der Waals surface area contributed by atoms with Crippen LogP contribution in [0.4, 0.5) is 11.4 Å². The number of carbonyl (C=O) groups excluding carboxylic acids is 4. The minimum atomic E-state index is -0.464. The molecule has 0 aromatic heterocycles. The quantitative estimate of drug-likeness (QED) is 0.00933. The summed E-state index contributed by atoms with van der Waals surface area (Å²) in [4.78, 5) is 50.6. The molecule has 0 heterocycles. The van der Waals surface area contributed by atoms with E-state index >= 15 is 0 Å². The van der Waals surface area contributed by atoms with E-state index in [-0.39, 0.29) is 11.6 Å². The summed E-state index contributed by atoms with van der Waals surface area (Å²) in [7, 11) is 0. The molecule has 12 heteroatoms. The van der Waals surface area contributed by atoms with Crippen LogP contribution in [0, 0.1) is 0 Å². The molecule has 0 atom stereocenters. The fourth-order valence-electron chi connectivity index (χ4n) is 10.1. The summed E-state index contributed by atoms with van der Waals surface area (Å²) in [5.41, 5.74) is 19.7. The lowest BCUT2D eigenvalue weighted by molar-refractivity contribution is 0.0724. The molecule has 8 aromatic rings. The van der Waals surface area contributed by atoms with Gasteiger partial charge in [-0.1, -0.05) is 211 Å². The summed E-state index contributed by atoms with van der Waals surface area (Å²) in [6.45, 7) is 2.38. The SMILES string of the molecule is Nc1ccc(-c2ccc(N)c(OCCCCCCCCCCCOc3cccc(C(=O)Oc4ccc(/C=C/C(=O)c5ccccc5)cc4)c3)c2)cc1OCCCCCCCCCCCOc1cccc(C(=O)Oc2ccc(/C=C/C(=O)c3ccccc3)cc2)c1. The van der Waals surface area contributed by atoms with Gasteiger partial charge in [0.15, 0.2) is 11.6 Å². The molecule has 0 aliphatic carbocycles. The average Bonchev–Trinajstić information content (AvgIpc) is 1.56. The molecule has 8 aromatic carbocycles. The van der Waals surface area contributed by atoms with Gasteiger partial charge in [0, 0.05) is 11.1 Å². The first-order chi connectivity index (χ1) is 44.1. The van der Waals surface area contributed by atoms with Gasteiger partial charge in [0.2, 0.25) is 0 Å². The number of carbonyl (C=O) groups is 4. The predicted octanol–water partition coefficient (Wildman–Crippen LogP) is 18.7. The highest BCUT2D eigenvalue weighted by Crippen LogP contribution is 2.34. The summed E-state index contributed by atoms with van der Waals surface area (Å²) in [5.74, 6) is 2.41. The van der Waals surface area contributed by atoms with Crippen LogP contribution in [0.25, 0.3) is 23.3 Å². The Morgan fingerprint density at radius 1 is 0.300 bits per heavy atom. The van der Waals surface area contributed by atoms with Crippen molar-refractivity contribution in [1.29, 1.82) is 0 Å². The molecule has 90 heavy (non-hydrogen) atoms. The van der Waals surface area contributed by atoms with Crippen LogP contribution in [0.15, 0.2) is 206 Å². The Bertz CT molecular complexity index is 3330. The molecule has 0 bridgehead atoms. The first-order valence-electron chi connectivity index (χ1n) is 31.8. The second kappa shape index (κ2) is 37.2. The van der Waals surface area contributed by atoms with Gasteiger partial charge in [0.1, 0.15) is 34.5 Å². The van der Waals surface area contributed by atoms with E-state index in [1.807, 2.05) is 84.9 Å². The first-order valence-corrected chi connectivity index (χ1v) is 31.8. The summed E-state index contributed by atoms with van der Waals surface area (Å²) >= 11 is 0. The summed E-state index contributed by atoms with van der Waals surface area (Å²) in [5, 5.41) is 0. The van der Waals surface area contributed by atoms with Crippen molar-refractivity contribution in [2.24, 2.45) is 0 Å². The van der Waals surface area contributed by atoms with Gasteiger partial charge in [-0.2, -0.15) is 0 Å². The highest BCUT2D eigenvalue weighted by molar-refractivity contribution is 6.07. The lowest BCUT2D eigenvalue weighted by Gasteiger charge is -2.13. The standard InChI is InChI=1S/C78H84N2O10/c79-71-47-41-63(57-75(71)87-53-23-13-9-5-1-3-7-11-21-51-85-69-33-25-31-65(55-69)77(83)89-67-43-35-59(36-44-67)39-49-73(81)61-27-17-15-18-28-61)64-42-48-72(80)76(58-64)88-54-24-14-10-6-2-4-8-12-22-52-86-70-34-26-32-66(56-70)78(84)90-68-45-37-60(38-46-68)40-50-74(82)62-29-19-16-20-30-62/h15-20,25-50,55-58H,1-14,21-24,51-54,79-80H2/b49-39+,50-40+. The van der Waals surface area contributed by atoms with Crippen molar-refractivity contribution in [2.75, 3.05) is 37.9 Å². The lowest BCUT2D eigenvalue weighted by atomic mass is 10.0. The molecule has 0 radical (unpaired) electrons. The number of hydrogen-bond donors (Lipinski definition) is 2. The Labute approximate surface area is 530 Å². The van der Waals surface area contributed by atoms with E-state index in [0.29, 0.717) is 94.6 Å². The molecule has 0 fully saturated rings. The van der Waals surface area contributed by atoms with Crippen LogP contribution < -0.4 is 39.9 Å². The van der Waals surface area contributed by atoms with Gasteiger partial charge in [0.25, 0.3) is 0 Å². The molecule has 12 nitrogen and oxygen atoms in total. The topological polar surface area (TPSA) is 176 Å². The Balaban J connectivity index is 0.605. The monoisotopic (exact) mass is 1210 g/mol. The summed E-state index contributed by atoms with van der Waals surface area (Å²) in [6, 6.07) is 58.2. The van der Waals surface area contributed by atoms with E-state index in [9.17, 15) is 19.2 Å². The van der Waals surface area contributed by atoms with E-state index in [0.717, 1.165) is 99.3 Å². The zero-order chi connectivity index (χ0) is 62.8. The van der Waals surface area contributed by atoms with Gasteiger partial charge >= 0.3 is 11.9 Å². The van der Waals surface area contributed by atoms with E-state index in [1.165, 1.54) is 50.7 Å². The third-order valence-electron chi connectivity index (χ3n) is 15.3. The van der Waals surface area contributed by atoms with E-state index < -0.39 is 11.9 Å². The molecule has 0 unspecified atom stereocenters. The number of anilines is 2. The molecule has 0 saturated carbocycles. The van der Waals surface area contributed by atoms with Gasteiger partial charge in [-0.3, -0.25) is 9.59 Å². The normalized spacial score (nSPS) is 11.2. The molecular weight excluding hydrogens is 1120 g/mol. The highest BCUT2D eigenvalue weighted by Gasteiger charge is 2.14. The summed E-state index contributed by atoms with van der Waals surface area (Å²) in [6.07, 6.45) is 26.5. The molecule has 0 aliphatic heterocycles. The summed E-state index contributed by atoms with van der Waals surface area (Å²) < 4.78 is 35.6. The van der Waals surface area contributed by atoms with Crippen molar-refractivity contribution in [2.45, 2.75) is 116 Å². The Kier molecular flexibility index (Phi) is 27.4. The van der Waals surface area contributed by atoms with E-state index in [4.69, 9.17) is 39.9 Å². The number of rotatable bonds is 39. The third-order valence-corrected chi connectivity index (χ3v) is 15.3. The van der Waals surface area contributed by atoms with Crippen LogP contribution >= 0.6 is 0 Å². The van der Waals surface area contributed by atoms with Crippen LogP contribution in [0.5, 0.6) is 34.5 Å². The third kappa shape index (κ3) is 23.1. The number of unbranched alkanes of at least 4 members (excludes halogenated alkanes) is 16. The lowest BCUT2D eigenvalue weighted by Crippen LogP contribution is -2.09. The second-order valence-electron chi connectivity index (χ2n) is 22.4. The van der Waals surface area contributed by atoms with E-state index in [2.05, 4.69) is 0 Å². The molecule has 0 saturated heterocycles. The van der Waals surface area contributed by atoms with Gasteiger partial charge in [0.05, 0.1) is 48.9 Å². The Morgan fingerprint density at radius 3 is 0.978 bits per heavy atom. The fraction of sp³-hybridized carbons (Fsp3) is 0.282. The van der Waals surface area contributed by atoms with Gasteiger partial charge in [-0.25, -0.2) is 9.59 Å². The smallest absolute Gasteiger partial charge is 0.343 e. The molecule has 466 valence electrons.